The number of rotatable bonds is 2. The first-order valence-corrected chi connectivity index (χ1v) is 11.3. The first-order chi connectivity index (χ1) is 15.8. The van der Waals surface area contributed by atoms with Crippen LogP contribution in [0.25, 0.3) is 33.0 Å². The molecule has 0 saturated carbocycles. The summed E-state index contributed by atoms with van der Waals surface area (Å²) >= 11 is 0. The fraction of sp³-hybridized carbons (Fsp3) is 0.222. The van der Waals surface area contributed by atoms with Crippen molar-refractivity contribution >= 4 is 39.0 Å². The number of carbonyl (C=O) groups excluding carboxylic acids is 1. The molecule has 2 aliphatic heterocycles. The number of fused-ring (bicyclic) bond motifs is 2. The van der Waals surface area contributed by atoms with Crippen LogP contribution in [0.2, 0.25) is 0 Å². The number of nitrogens with zero attached hydrogens (tertiary/aromatic N) is 2. The molecule has 4 aromatic rings. The third kappa shape index (κ3) is 3.21. The summed E-state index contributed by atoms with van der Waals surface area (Å²) < 4.78 is 0. The second kappa shape index (κ2) is 7.75. The molecule has 6 rings (SSSR count). The highest BCUT2D eigenvalue weighted by Gasteiger charge is 2.25. The molecule has 0 spiro atoms. The van der Waals surface area contributed by atoms with Crippen molar-refractivity contribution < 1.29 is 4.79 Å². The Morgan fingerprint density at radius 2 is 1.16 bits per heavy atom. The van der Waals surface area contributed by atoms with E-state index in [1.807, 2.05) is 9.80 Å². The molecule has 2 amide bonds. The molecule has 32 heavy (non-hydrogen) atoms. The number of urea groups is 1. The molecule has 0 aliphatic carbocycles. The number of H-pyrrole nitrogens is 2. The Labute approximate surface area is 187 Å². The summed E-state index contributed by atoms with van der Waals surface area (Å²) in [7, 11) is 0. The number of para-hydroxylation sites is 2. The maximum Gasteiger partial charge on any atom is 0.320 e. The second-order valence-electron chi connectivity index (χ2n) is 8.63. The zero-order valence-corrected chi connectivity index (χ0v) is 18.0. The van der Waals surface area contributed by atoms with Gasteiger partial charge in [0, 0.05) is 71.5 Å². The number of nitrogens with one attached hydrogen (secondary N) is 2. The predicted molar refractivity (Wildman–Crippen MR) is 130 cm³/mol. The summed E-state index contributed by atoms with van der Waals surface area (Å²) in [5.41, 5.74) is 7.49. The quantitative estimate of drug-likeness (QED) is 0.431. The second-order valence-corrected chi connectivity index (χ2v) is 8.63. The minimum absolute atomic E-state index is 0.147. The molecule has 0 unspecified atom stereocenters. The highest BCUT2D eigenvalue weighted by atomic mass is 16.2. The number of amides is 2. The Hall–Kier alpha value is -3.73. The molecule has 2 aliphatic rings. The van der Waals surface area contributed by atoms with Gasteiger partial charge in [-0.1, -0.05) is 48.6 Å². The van der Waals surface area contributed by atoms with E-state index < -0.39 is 0 Å². The van der Waals surface area contributed by atoms with E-state index in [0.29, 0.717) is 13.1 Å². The van der Waals surface area contributed by atoms with Crippen LogP contribution in [-0.2, 0) is 0 Å². The van der Waals surface area contributed by atoms with Crippen LogP contribution in [0.4, 0.5) is 4.79 Å². The average molecular weight is 423 g/mol. The third-order valence-corrected chi connectivity index (χ3v) is 6.83. The first-order valence-electron chi connectivity index (χ1n) is 11.3. The third-order valence-electron chi connectivity index (χ3n) is 6.83. The molecular formula is C27H26N4O. The van der Waals surface area contributed by atoms with E-state index >= 15 is 0 Å². The Kier molecular flexibility index (Phi) is 4.60. The minimum atomic E-state index is 0.147. The van der Waals surface area contributed by atoms with Gasteiger partial charge in [-0.05, 0) is 36.1 Å². The van der Waals surface area contributed by atoms with Crippen LogP contribution < -0.4 is 0 Å². The van der Waals surface area contributed by atoms with Crippen molar-refractivity contribution in [3.8, 4) is 0 Å². The van der Waals surface area contributed by atoms with Crippen molar-refractivity contribution in [2.24, 2.45) is 0 Å². The van der Waals surface area contributed by atoms with E-state index in [1.54, 1.807) is 0 Å². The summed E-state index contributed by atoms with van der Waals surface area (Å²) in [5, 5.41) is 2.51. The van der Waals surface area contributed by atoms with Gasteiger partial charge in [-0.15, -0.1) is 0 Å². The monoisotopic (exact) mass is 422 g/mol. The lowest BCUT2D eigenvalue weighted by Crippen LogP contribution is -2.46. The summed E-state index contributed by atoms with van der Waals surface area (Å²) in [6.07, 6.45) is 10.4. The highest BCUT2D eigenvalue weighted by Crippen LogP contribution is 2.31. The molecule has 0 radical (unpaired) electrons. The van der Waals surface area contributed by atoms with Crippen LogP contribution >= 0.6 is 0 Å². The average Bonchev–Trinajstić information content (AvgIpc) is 3.48. The van der Waals surface area contributed by atoms with Gasteiger partial charge < -0.3 is 19.8 Å². The summed E-state index contributed by atoms with van der Waals surface area (Å²) in [6, 6.07) is 16.9. The Bertz CT molecular complexity index is 1270. The van der Waals surface area contributed by atoms with Gasteiger partial charge in [0.1, 0.15) is 0 Å². The lowest BCUT2D eigenvalue weighted by molar-refractivity contribution is 0.162. The molecule has 5 heteroatoms. The number of carbonyl (C=O) groups is 1. The number of hydrogen-bond acceptors (Lipinski definition) is 1. The van der Waals surface area contributed by atoms with Crippen molar-refractivity contribution in [1.29, 1.82) is 0 Å². The molecule has 0 atom stereocenters. The van der Waals surface area contributed by atoms with Gasteiger partial charge in [0.25, 0.3) is 0 Å². The number of hydrogen-bond donors (Lipinski definition) is 2. The zero-order chi connectivity index (χ0) is 21.5. The van der Waals surface area contributed by atoms with Crippen molar-refractivity contribution in [3.63, 3.8) is 0 Å². The van der Waals surface area contributed by atoms with E-state index in [0.717, 1.165) is 37.0 Å². The van der Waals surface area contributed by atoms with E-state index in [2.05, 4.69) is 83.0 Å². The highest BCUT2D eigenvalue weighted by molar-refractivity contribution is 5.94. The van der Waals surface area contributed by atoms with E-state index in [9.17, 15) is 4.79 Å². The molecule has 0 bridgehead atoms. The van der Waals surface area contributed by atoms with Crippen LogP contribution in [0.1, 0.15) is 24.0 Å². The Morgan fingerprint density at radius 1 is 0.688 bits per heavy atom. The van der Waals surface area contributed by atoms with Crippen molar-refractivity contribution in [2.45, 2.75) is 12.8 Å². The van der Waals surface area contributed by atoms with Gasteiger partial charge in [-0.25, -0.2) is 4.79 Å². The van der Waals surface area contributed by atoms with Crippen molar-refractivity contribution in [3.05, 3.63) is 84.2 Å². The van der Waals surface area contributed by atoms with E-state index in [-0.39, 0.29) is 6.03 Å². The lowest BCUT2D eigenvalue weighted by atomic mass is 9.98. The lowest BCUT2D eigenvalue weighted by Gasteiger charge is -2.34. The molecule has 0 fully saturated rings. The normalized spacial score (nSPS) is 17.0. The van der Waals surface area contributed by atoms with Crippen LogP contribution in [0.5, 0.6) is 0 Å². The van der Waals surface area contributed by atoms with Gasteiger partial charge >= 0.3 is 6.03 Å². The van der Waals surface area contributed by atoms with Gasteiger partial charge in [0.2, 0.25) is 0 Å². The van der Waals surface area contributed by atoms with Gasteiger partial charge in [0.15, 0.2) is 0 Å². The van der Waals surface area contributed by atoms with E-state index in [1.165, 1.54) is 33.0 Å². The largest absolute Gasteiger partial charge is 0.361 e. The summed E-state index contributed by atoms with van der Waals surface area (Å²) in [4.78, 5) is 23.8. The summed E-state index contributed by atoms with van der Waals surface area (Å²) in [6.45, 7) is 2.87. The smallest absolute Gasteiger partial charge is 0.320 e. The molecule has 4 heterocycles. The van der Waals surface area contributed by atoms with Gasteiger partial charge in [-0.2, -0.15) is 0 Å². The maximum absolute atomic E-state index is 13.1. The molecule has 2 aromatic carbocycles. The SMILES string of the molecule is O=C(N1CC=C(c2c[nH]c3ccccc23)CC1)N1CC=C(c2c[nH]c3ccccc23)CC1. The fourth-order valence-electron chi connectivity index (χ4n) is 5.05. The topological polar surface area (TPSA) is 55.1 Å². The summed E-state index contributed by atoms with van der Waals surface area (Å²) in [5.74, 6) is 0. The number of aromatic nitrogens is 2. The van der Waals surface area contributed by atoms with Crippen LogP contribution in [0.15, 0.2) is 73.1 Å². The zero-order valence-electron chi connectivity index (χ0n) is 18.0. The van der Waals surface area contributed by atoms with Crippen molar-refractivity contribution in [1.82, 2.24) is 19.8 Å². The number of benzene rings is 2. The molecule has 2 aromatic heterocycles. The standard InChI is InChI=1S/C27H26N4O/c32-27(30-13-9-19(10-14-30)23-17-28-25-7-3-1-5-21(23)25)31-15-11-20(12-16-31)24-18-29-26-8-4-2-6-22(24)26/h1-9,11,17-18,28-29H,10,12-16H2. The molecular weight excluding hydrogens is 396 g/mol. The number of aromatic amines is 2. The van der Waals surface area contributed by atoms with E-state index in [4.69, 9.17) is 0 Å². The van der Waals surface area contributed by atoms with Crippen LogP contribution in [0.3, 0.4) is 0 Å². The first kappa shape index (κ1) is 19.0. The van der Waals surface area contributed by atoms with Crippen LogP contribution in [-0.4, -0.2) is 52.0 Å². The molecule has 5 nitrogen and oxygen atoms in total. The van der Waals surface area contributed by atoms with Crippen LogP contribution in [0, 0.1) is 0 Å². The molecule has 2 N–H and O–H groups in total. The Balaban J connectivity index is 1.14. The van der Waals surface area contributed by atoms with Gasteiger partial charge in [0.05, 0.1) is 0 Å². The fourth-order valence-corrected chi connectivity index (χ4v) is 5.05. The predicted octanol–water partition coefficient (Wildman–Crippen LogP) is 5.65. The van der Waals surface area contributed by atoms with Crippen molar-refractivity contribution in [2.75, 3.05) is 26.2 Å². The Morgan fingerprint density at radius 3 is 1.59 bits per heavy atom. The molecule has 0 saturated heterocycles. The molecule has 160 valence electrons. The van der Waals surface area contributed by atoms with Gasteiger partial charge in [-0.3, -0.25) is 0 Å². The maximum atomic E-state index is 13.1. The minimum Gasteiger partial charge on any atom is -0.361 e.